The molecule has 0 aliphatic rings. The van der Waals surface area contributed by atoms with E-state index in [9.17, 15) is 9.18 Å². The van der Waals surface area contributed by atoms with Gasteiger partial charge in [0.15, 0.2) is 0 Å². The number of thiazole rings is 1. The lowest BCUT2D eigenvalue weighted by Gasteiger charge is -2.15. The van der Waals surface area contributed by atoms with Gasteiger partial charge in [0.2, 0.25) is 5.91 Å². The Balaban J connectivity index is 1.79. The molecule has 5 nitrogen and oxygen atoms in total. The van der Waals surface area contributed by atoms with E-state index in [4.69, 9.17) is 5.73 Å². The van der Waals surface area contributed by atoms with Crippen molar-refractivity contribution in [2.24, 2.45) is 0 Å². The third-order valence-electron chi connectivity index (χ3n) is 2.92. The van der Waals surface area contributed by atoms with E-state index in [0.29, 0.717) is 25.2 Å². The molecule has 2 rings (SSSR count). The largest absolute Gasteiger partial charge is 0.397 e. The van der Waals surface area contributed by atoms with Crippen molar-refractivity contribution in [1.29, 1.82) is 0 Å². The van der Waals surface area contributed by atoms with Crippen LogP contribution < -0.4 is 11.1 Å². The van der Waals surface area contributed by atoms with Gasteiger partial charge in [-0.05, 0) is 25.2 Å². The van der Waals surface area contributed by atoms with Crippen LogP contribution in [0.1, 0.15) is 12.1 Å². The van der Waals surface area contributed by atoms with Gasteiger partial charge in [0, 0.05) is 24.9 Å². The van der Waals surface area contributed by atoms with Crippen molar-refractivity contribution >= 4 is 28.6 Å². The predicted molar refractivity (Wildman–Crippen MR) is 82.5 cm³/mol. The van der Waals surface area contributed by atoms with Crippen LogP contribution in [0.15, 0.2) is 29.1 Å². The standard InChI is InChI=1S/C14H17FN4OS/c1-19(7-11-8-21-9-17-11)5-4-14(20)18-13-3-2-10(15)6-12(13)16/h2-3,6,8-9H,4-5,7,16H2,1H3,(H,18,20). The second kappa shape index (κ2) is 7.14. The number of hydrogen-bond acceptors (Lipinski definition) is 5. The number of rotatable bonds is 6. The number of hydrogen-bond donors (Lipinski definition) is 2. The second-order valence-electron chi connectivity index (χ2n) is 4.75. The topological polar surface area (TPSA) is 71.2 Å². The lowest BCUT2D eigenvalue weighted by atomic mass is 10.2. The Morgan fingerprint density at radius 3 is 3.00 bits per heavy atom. The number of anilines is 2. The lowest BCUT2D eigenvalue weighted by Crippen LogP contribution is -2.24. The number of carbonyl (C=O) groups excluding carboxylic acids is 1. The minimum atomic E-state index is -0.423. The SMILES string of the molecule is CN(CCC(=O)Nc1ccc(F)cc1N)Cc1cscn1. The molecule has 0 fully saturated rings. The third kappa shape index (κ3) is 4.80. The molecule has 1 amide bonds. The highest BCUT2D eigenvalue weighted by atomic mass is 32.1. The minimum Gasteiger partial charge on any atom is -0.397 e. The fourth-order valence-electron chi connectivity index (χ4n) is 1.82. The van der Waals surface area contributed by atoms with E-state index in [1.165, 1.54) is 18.2 Å². The molecule has 0 saturated carbocycles. The first-order valence-corrected chi connectivity index (χ1v) is 7.39. The van der Waals surface area contributed by atoms with Crippen molar-refractivity contribution in [1.82, 2.24) is 9.88 Å². The number of nitrogen functional groups attached to an aromatic ring is 1. The van der Waals surface area contributed by atoms with Crippen LogP contribution in [-0.2, 0) is 11.3 Å². The minimum absolute atomic E-state index is 0.154. The number of benzene rings is 1. The maximum absolute atomic E-state index is 12.9. The van der Waals surface area contributed by atoms with Gasteiger partial charge in [-0.2, -0.15) is 0 Å². The smallest absolute Gasteiger partial charge is 0.225 e. The molecule has 2 aromatic rings. The van der Waals surface area contributed by atoms with Crippen LogP contribution in [0.25, 0.3) is 0 Å². The van der Waals surface area contributed by atoms with E-state index in [1.54, 1.807) is 16.8 Å². The highest BCUT2D eigenvalue weighted by molar-refractivity contribution is 7.07. The maximum Gasteiger partial charge on any atom is 0.225 e. The van der Waals surface area contributed by atoms with Gasteiger partial charge in [-0.1, -0.05) is 0 Å². The Morgan fingerprint density at radius 2 is 2.33 bits per heavy atom. The summed E-state index contributed by atoms with van der Waals surface area (Å²) in [6.07, 6.45) is 0.331. The summed E-state index contributed by atoms with van der Waals surface area (Å²) in [5.41, 5.74) is 9.08. The van der Waals surface area contributed by atoms with E-state index in [2.05, 4.69) is 10.3 Å². The average Bonchev–Trinajstić information content (AvgIpc) is 2.92. The Labute approximate surface area is 126 Å². The number of nitrogens with two attached hydrogens (primary N) is 1. The highest BCUT2D eigenvalue weighted by Gasteiger charge is 2.08. The number of nitrogens with one attached hydrogen (secondary N) is 1. The summed E-state index contributed by atoms with van der Waals surface area (Å²) in [4.78, 5) is 18.1. The van der Waals surface area contributed by atoms with Gasteiger partial charge in [-0.25, -0.2) is 9.37 Å². The molecular formula is C14H17FN4OS. The number of halogens is 1. The van der Waals surface area contributed by atoms with Crippen molar-refractivity contribution in [3.05, 3.63) is 40.6 Å². The Morgan fingerprint density at radius 1 is 1.52 bits per heavy atom. The Hall–Kier alpha value is -1.99. The van der Waals surface area contributed by atoms with E-state index in [0.717, 1.165) is 5.69 Å². The molecule has 1 heterocycles. The zero-order valence-electron chi connectivity index (χ0n) is 11.7. The van der Waals surface area contributed by atoms with Gasteiger partial charge in [0.1, 0.15) is 5.82 Å². The van der Waals surface area contributed by atoms with Crippen LogP contribution in [0.2, 0.25) is 0 Å². The summed E-state index contributed by atoms with van der Waals surface area (Å²) in [6, 6.07) is 3.91. The molecule has 0 aliphatic carbocycles. The fourth-order valence-corrected chi connectivity index (χ4v) is 2.37. The van der Waals surface area contributed by atoms with Crippen molar-refractivity contribution in [3.63, 3.8) is 0 Å². The van der Waals surface area contributed by atoms with E-state index in [-0.39, 0.29) is 11.6 Å². The lowest BCUT2D eigenvalue weighted by molar-refractivity contribution is -0.116. The Kier molecular flexibility index (Phi) is 5.24. The number of carbonyl (C=O) groups is 1. The summed E-state index contributed by atoms with van der Waals surface area (Å²) >= 11 is 1.55. The summed E-state index contributed by atoms with van der Waals surface area (Å²) in [5.74, 6) is -0.577. The zero-order chi connectivity index (χ0) is 15.2. The molecule has 21 heavy (non-hydrogen) atoms. The molecule has 1 aromatic carbocycles. The Bertz CT molecular complexity index is 603. The molecule has 1 aromatic heterocycles. The number of amides is 1. The molecule has 7 heteroatoms. The van der Waals surface area contributed by atoms with Crippen molar-refractivity contribution in [3.8, 4) is 0 Å². The third-order valence-corrected chi connectivity index (χ3v) is 3.56. The molecular weight excluding hydrogens is 291 g/mol. The molecule has 0 spiro atoms. The van der Waals surface area contributed by atoms with Crippen LogP contribution in [0.3, 0.4) is 0 Å². The number of nitrogens with zero attached hydrogens (tertiary/aromatic N) is 2. The average molecular weight is 308 g/mol. The quantitative estimate of drug-likeness (QED) is 0.804. The second-order valence-corrected chi connectivity index (χ2v) is 5.47. The van der Waals surface area contributed by atoms with Crippen LogP contribution >= 0.6 is 11.3 Å². The van der Waals surface area contributed by atoms with Crippen molar-refractivity contribution in [2.45, 2.75) is 13.0 Å². The molecule has 0 unspecified atom stereocenters. The van der Waals surface area contributed by atoms with Gasteiger partial charge >= 0.3 is 0 Å². The maximum atomic E-state index is 12.9. The predicted octanol–water partition coefficient (Wildman–Crippen LogP) is 2.33. The van der Waals surface area contributed by atoms with Crippen LogP contribution in [0, 0.1) is 5.82 Å². The van der Waals surface area contributed by atoms with Crippen LogP contribution in [0.5, 0.6) is 0 Å². The first kappa shape index (κ1) is 15.4. The van der Waals surface area contributed by atoms with Gasteiger partial charge < -0.3 is 16.0 Å². The normalized spacial score (nSPS) is 10.8. The van der Waals surface area contributed by atoms with Gasteiger partial charge in [0.25, 0.3) is 0 Å². The van der Waals surface area contributed by atoms with Gasteiger partial charge in [-0.3, -0.25) is 4.79 Å². The highest BCUT2D eigenvalue weighted by Crippen LogP contribution is 2.19. The first-order chi connectivity index (χ1) is 10.0. The fraction of sp³-hybridized carbons (Fsp3) is 0.286. The molecule has 0 aliphatic heterocycles. The molecule has 0 atom stereocenters. The molecule has 112 valence electrons. The summed E-state index contributed by atoms with van der Waals surface area (Å²) in [5, 5.41) is 4.66. The molecule has 0 radical (unpaired) electrons. The summed E-state index contributed by atoms with van der Waals surface area (Å²) in [6.45, 7) is 1.31. The summed E-state index contributed by atoms with van der Waals surface area (Å²) in [7, 11) is 1.93. The first-order valence-electron chi connectivity index (χ1n) is 6.45. The molecule has 3 N–H and O–H groups in total. The van der Waals surface area contributed by atoms with Crippen LogP contribution in [-0.4, -0.2) is 29.4 Å². The van der Waals surface area contributed by atoms with E-state index >= 15 is 0 Å². The van der Waals surface area contributed by atoms with Crippen molar-refractivity contribution in [2.75, 3.05) is 24.6 Å². The molecule has 0 saturated heterocycles. The monoisotopic (exact) mass is 308 g/mol. The van der Waals surface area contributed by atoms with Crippen molar-refractivity contribution < 1.29 is 9.18 Å². The van der Waals surface area contributed by atoms with E-state index in [1.807, 2.05) is 17.3 Å². The van der Waals surface area contributed by atoms with Gasteiger partial charge in [-0.15, -0.1) is 11.3 Å². The zero-order valence-corrected chi connectivity index (χ0v) is 12.5. The summed E-state index contributed by atoms with van der Waals surface area (Å²) < 4.78 is 12.9. The van der Waals surface area contributed by atoms with E-state index < -0.39 is 5.82 Å². The number of aromatic nitrogens is 1. The molecule has 0 bridgehead atoms. The van der Waals surface area contributed by atoms with Gasteiger partial charge in [0.05, 0.1) is 22.6 Å². The van der Waals surface area contributed by atoms with Crippen LogP contribution in [0.4, 0.5) is 15.8 Å².